The lowest BCUT2D eigenvalue weighted by molar-refractivity contribution is -0.0713. The summed E-state index contributed by atoms with van der Waals surface area (Å²) in [4.78, 5) is 0. The van der Waals surface area contributed by atoms with Crippen molar-refractivity contribution in [1.82, 2.24) is 0 Å². The third kappa shape index (κ3) is 4.12. The first kappa shape index (κ1) is 11.0. The van der Waals surface area contributed by atoms with E-state index in [1.54, 1.807) is 0 Å². The zero-order valence-electron chi connectivity index (χ0n) is 9.27. The Kier molecular flexibility index (Phi) is 4.79. The lowest BCUT2D eigenvalue weighted by Crippen LogP contribution is -2.32. The van der Waals surface area contributed by atoms with E-state index in [9.17, 15) is 0 Å². The van der Waals surface area contributed by atoms with Gasteiger partial charge >= 0.3 is 0 Å². The molecule has 0 spiro atoms. The topological polar surface area (TPSA) is 9.23 Å². The molecule has 0 amide bonds. The molecule has 13 heavy (non-hydrogen) atoms. The van der Waals surface area contributed by atoms with Crippen LogP contribution in [0.4, 0.5) is 0 Å². The summed E-state index contributed by atoms with van der Waals surface area (Å²) in [5.41, 5.74) is 0.228. The largest absolute Gasteiger partial charge is 0.375 e. The van der Waals surface area contributed by atoms with Crippen LogP contribution >= 0.6 is 0 Å². The maximum Gasteiger partial charge on any atom is 0.0654 e. The fourth-order valence-electron chi connectivity index (χ4n) is 2.11. The number of unbranched alkanes of at least 4 members (excludes halogenated alkanes) is 3. The van der Waals surface area contributed by atoms with Gasteiger partial charge < -0.3 is 4.74 Å². The van der Waals surface area contributed by atoms with Crippen molar-refractivity contribution in [3.8, 4) is 0 Å². The predicted molar refractivity (Wildman–Crippen MR) is 57.0 cm³/mol. The van der Waals surface area contributed by atoms with E-state index >= 15 is 0 Å². The second-order valence-electron chi connectivity index (χ2n) is 4.57. The van der Waals surface area contributed by atoms with Crippen molar-refractivity contribution in [2.75, 3.05) is 6.61 Å². The molecule has 0 radical (unpaired) electrons. The van der Waals surface area contributed by atoms with E-state index in [-0.39, 0.29) is 5.60 Å². The zero-order chi connectivity index (χ0) is 9.57. The Hall–Kier alpha value is -0.0400. The van der Waals surface area contributed by atoms with Crippen LogP contribution in [0.25, 0.3) is 0 Å². The molecule has 78 valence electrons. The molecule has 1 rings (SSSR count). The van der Waals surface area contributed by atoms with Crippen LogP contribution in [0.3, 0.4) is 0 Å². The van der Waals surface area contributed by atoms with Crippen molar-refractivity contribution >= 4 is 0 Å². The van der Waals surface area contributed by atoms with Crippen LogP contribution in [0.5, 0.6) is 0 Å². The van der Waals surface area contributed by atoms with Gasteiger partial charge in [0.2, 0.25) is 0 Å². The molecule has 0 saturated carbocycles. The summed E-state index contributed by atoms with van der Waals surface area (Å²) in [5.74, 6) is 0. The molecule has 0 aromatic rings. The smallest absolute Gasteiger partial charge is 0.0654 e. The standard InChI is InChI=1S/C12H24O/c1-3-4-5-6-9-12(2)10-7-8-11-13-12/h3-11H2,1-2H3. The van der Waals surface area contributed by atoms with Gasteiger partial charge in [-0.3, -0.25) is 0 Å². The van der Waals surface area contributed by atoms with Crippen molar-refractivity contribution in [2.24, 2.45) is 0 Å². The Morgan fingerprint density at radius 3 is 2.62 bits per heavy atom. The Morgan fingerprint density at radius 1 is 1.15 bits per heavy atom. The van der Waals surface area contributed by atoms with Crippen molar-refractivity contribution in [3.63, 3.8) is 0 Å². The van der Waals surface area contributed by atoms with Crippen LogP contribution in [0.2, 0.25) is 0 Å². The highest BCUT2D eigenvalue weighted by molar-refractivity contribution is 4.78. The molecule has 1 aliphatic heterocycles. The first-order chi connectivity index (χ1) is 6.27. The summed E-state index contributed by atoms with van der Waals surface area (Å²) in [6.07, 6.45) is 10.6. The Labute approximate surface area is 82.9 Å². The molecular weight excluding hydrogens is 160 g/mol. The van der Waals surface area contributed by atoms with Gasteiger partial charge in [-0.25, -0.2) is 0 Å². The lowest BCUT2D eigenvalue weighted by atomic mass is 9.90. The molecule has 1 nitrogen and oxygen atoms in total. The molecule has 1 fully saturated rings. The molecule has 1 heteroatoms. The molecule has 0 aromatic carbocycles. The average Bonchev–Trinajstić information content (AvgIpc) is 2.14. The Balaban J connectivity index is 2.10. The number of rotatable bonds is 5. The molecule has 1 unspecified atom stereocenters. The van der Waals surface area contributed by atoms with Crippen LogP contribution < -0.4 is 0 Å². The van der Waals surface area contributed by atoms with E-state index in [4.69, 9.17) is 4.74 Å². The van der Waals surface area contributed by atoms with Gasteiger partial charge in [-0.15, -0.1) is 0 Å². The summed E-state index contributed by atoms with van der Waals surface area (Å²) in [5, 5.41) is 0. The lowest BCUT2D eigenvalue weighted by Gasteiger charge is -2.34. The van der Waals surface area contributed by atoms with Gasteiger partial charge in [0.25, 0.3) is 0 Å². The minimum atomic E-state index is 0.228. The van der Waals surface area contributed by atoms with E-state index in [0.717, 1.165) is 6.61 Å². The Morgan fingerprint density at radius 2 is 2.00 bits per heavy atom. The van der Waals surface area contributed by atoms with E-state index in [0.29, 0.717) is 0 Å². The first-order valence-electron chi connectivity index (χ1n) is 5.91. The fraction of sp³-hybridized carbons (Fsp3) is 1.00. The van der Waals surface area contributed by atoms with Gasteiger partial charge in [0.05, 0.1) is 5.60 Å². The maximum absolute atomic E-state index is 5.85. The van der Waals surface area contributed by atoms with Crippen LogP contribution in [0.15, 0.2) is 0 Å². The van der Waals surface area contributed by atoms with Gasteiger partial charge in [0, 0.05) is 6.61 Å². The zero-order valence-corrected chi connectivity index (χ0v) is 9.27. The van der Waals surface area contributed by atoms with Gasteiger partial charge in [0.1, 0.15) is 0 Å². The summed E-state index contributed by atoms with van der Waals surface area (Å²) >= 11 is 0. The molecule has 1 heterocycles. The molecule has 0 aliphatic carbocycles. The molecule has 0 N–H and O–H groups in total. The van der Waals surface area contributed by atoms with Crippen molar-refractivity contribution in [1.29, 1.82) is 0 Å². The number of ether oxygens (including phenoxy) is 1. The van der Waals surface area contributed by atoms with Gasteiger partial charge in [0.15, 0.2) is 0 Å². The molecule has 1 aliphatic rings. The molecule has 0 aromatic heterocycles. The van der Waals surface area contributed by atoms with Crippen molar-refractivity contribution in [2.45, 2.75) is 70.8 Å². The van der Waals surface area contributed by atoms with Crippen LogP contribution in [-0.4, -0.2) is 12.2 Å². The minimum Gasteiger partial charge on any atom is -0.375 e. The summed E-state index contributed by atoms with van der Waals surface area (Å²) in [6.45, 7) is 5.54. The number of hydrogen-bond acceptors (Lipinski definition) is 1. The fourth-order valence-corrected chi connectivity index (χ4v) is 2.11. The molecule has 1 saturated heterocycles. The second-order valence-corrected chi connectivity index (χ2v) is 4.57. The molecule has 0 bridgehead atoms. The van der Waals surface area contributed by atoms with Gasteiger partial charge in [-0.05, 0) is 32.6 Å². The average molecular weight is 184 g/mol. The van der Waals surface area contributed by atoms with E-state index in [2.05, 4.69) is 13.8 Å². The molecule has 1 atom stereocenters. The highest BCUT2D eigenvalue weighted by Crippen LogP contribution is 2.29. The van der Waals surface area contributed by atoms with E-state index in [1.165, 1.54) is 51.4 Å². The van der Waals surface area contributed by atoms with E-state index in [1.807, 2.05) is 0 Å². The van der Waals surface area contributed by atoms with Crippen molar-refractivity contribution < 1.29 is 4.74 Å². The molecular formula is C12H24O. The Bertz CT molecular complexity index is 125. The summed E-state index contributed by atoms with van der Waals surface area (Å²) < 4.78 is 5.85. The SMILES string of the molecule is CCCCCCC1(C)CCCCO1. The predicted octanol–water partition coefficient (Wildman–Crippen LogP) is 3.92. The quantitative estimate of drug-likeness (QED) is 0.588. The van der Waals surface area contributed by atoms with Crippen LogP contribution in [0, 0.1) is 0 Å². The maximum atomic E-state index is 5.85. The van der Waals surface area contributed by atoms with Gasteiger partial charge in [-0.1, -0.05) is 32.6 Å². The van der Waals surface area contributed by atoms with Crippen LogP contribution in [0.1, 0.15) is 65.2 Å². The normalized spacial score (nSPS) is 29.1. The monoisotopic (exact) mass is 184 g/mol. The third-order valence-electron chi connectivity index (χ3n) is 3.11. The van der Waals surface area contributed by atoms with Crippen LogP contribution in [-0.2, 0) is 4.74 Å². The first-order valence-corrected chi connectivity index (χ1v) is 5.91. The van der Waals surface area contributed by atoms with Crippen molar-refractivity contribution in [3.05, 3.63) is 0 Å². The van der Waals surface area contributed by atoms with Gasteiger partial charge in [-0.2, -0.15) is 0 Å². The van der Waals surface area contributed by atoms with E-state index < -0.39 is 0 Å². The second kappa shape index (κ2) is 5.64. The third-order valence-corrected chi connectivity index (χ3v) is 3.11. The summed E-state index contributed by atoms with van der Waals surface area (Å²) in [7, 11) is 0. The highest BCUT2D eigenvalue weighted by Gasteiger charge is 2.26. The summed E-state index contributed by atoms with van der Waals surface area (Å²) in [6, 6.07) is 0. The highest BCUT2D eigenvalue weighted by atomic mass is 16.5. The minimum absolute atomic E-state index is 0.228. The number of hydrogen-bond donors (Lipinski definition) is 0.